The lowest BCUT2D eigenvalue weighted by atomic mass is 9.53. The summed E-state index contributed by atoms with van der Waals surface area (Å²) in [5.74, 6) is 3.80. The van der Waals surface area contributed by atoms with Gasteiger partial charge in [0.25, 0.3) is 0 Å². The zero-order chi connectivity index (χ0) is 16.0. The van der Waals surface area contributed by atoms with Crippen LogP contribution in [0.5, 0.6) is 0 Å². The van der Waals surface area contributed by atoms with Gasteiger partial charge in [0.05, 0.1) is 0 Å². The molecule has 130 valence electrons. The van der Waals surface area contributed by atoms with Gasteiger partial charge in [-0.1, -0.05) is 25.3 Å². The van der Waals surface area contributed by atoms with Gasteiger partial charge in [-0.05, 0) is 80.8 Å². The van der Waals surface area contributed by atoms with Gasteiger partial charge in [0.15, 0.2) is 0 Å². The van der Waals surface area contributed by atoms with E-state index in [9.17, 15) is 0 Å². The van der Waals surface area contributed by atoms with Crippen molar-refractivity contribution in [1.29, 1.82) is 0 Å². The van der Waals surface area contributed by atoms with Gasteiger partial charge in [0.1, 0.15) is 0 Å². The van der Waals surface area contributed by atoms with E-state index in [1.807, 2.05) is 0 Å². The highest BCUT2D eigenvalue weighted by Crippen LogP contribution is 2.55. The molecular formula is C22H32N2. The van der Waals surface area contributed by atoms with Crippen LogP contribution in [0.1, 0.15) is 87.8 Å². The van der Waals surface area contributed by atoms with Crippen molar-refractivity contribution in [2.75, 3.05) is 0 Å². The van der Waals surface area contributed by atoms with Gasteiger partial charge in [0.2, 0.25) is 0 Å². The first kappa shape index (κ1) is 15.4. The topological polar surface area (TPSA) is 24.9 Å². The van der Waals surface area contributed by atoms with Crippen LogP contribution in [0, 0.1) is 17.8 Å². The normalized spacial score (nSPS) is 38.6. The summed E-state index contributed by atoms with van der Waals surface area (Å²) in [6.07, 6.45) is 17.9. The van der Waals surface area contributed by atoms with E-state index < -0.39 is 0 Å². The quantitative estimate of drug-likeness (QED) is 0.824. The second-order valence-corrected chi connectivity index (χ2v) is 9.48. The van der Waals surface area contributed by atoms with Crippen LogP contribution in [0.3, 0.4) is 0 Å². The van der Waals surface area contributed by atoms with Gasteiger partial charge in [-0.15, -0.1) is 0 Å². The van der Waals surface area contributed by atoms with E-state index in [-0.39, 0.29) is 0 Å². The van der Waals surface area contributed by atoms with Crippen molar-refractivity contribution in [3.63, 3.8) is 0 Å². The second-order valence-electron chi connectivity index (χ2n) is 9.48. The molecule has 2 nitrogen and oxygen atoms in total. The van der Waals surface area contributed by atoms with E-state index in [1.165, 1.54) is 81.9 Å². The predicted molar refractivity (Wildman–Crippen MR) is 97.8 cm³/mol. The van der Waals surface area contributed by atoms with Crippen LogP contribution in [-0.4, -0.2) is 10.5 Å². The molecule has 5 aliphatic carbocycles. The maximum absolute atomic E-state index is 4.83. The highest BCUT2D eigenvalue weighted by Gasteiger charge is 2.50. The third-order valence-corrected chi connectivity index (χ3v) is 7.58. The number of hydrogen-bond acceptors (Lipinski definition) is 2. The molecule has 24 heavy (non-hydrogen) atoms. The van der Waals surface area contributed by atoms with Gasteiger partial charge >= 0.3 is 0 Å². The largest absolute Gasteiger partial charge is 0.307 e. The molecule has 0 spiro atoms. The molecule has 0 atom stereocenters. The van der Waals surface area contributed by atoms with Crippen LogP contribution in [0.4, 0.5) is 0 Å². The standard InChI is InChI=1S/C22H32N2/c1-2-4-20(5-3-1)21-7-6-16(14-23-21)15-24-22-11-17-8-18(12-22)10-19(9-17)13-22/h6-7,14,17-20,24H,1-5,8-13,15H2. The molecule has 5 saturated carbocycles. The van der Waals surface area contributed by atoms with Crippen LogP contribution in [0.2, 0.25) is 0 Å². The van der Waals surface area contributed by atoms with Crippen LogP contribution in [0.25, 0.3) is 0 Å². The van der Waals surface area contributed by atoms with Crippen molar-refractivity contribution in [3.05, 3.63) is 29.6 Å². The number of hydrogen-bond donors (Lipinski definition) is 1. The van der Waals surface area contributed by atoms with Crippen molar-refractivity contribution in [3.8, 4) is 0 Å². The molecule has 6 rings (SSSR count). The Morgan fingerprint density at radius 2 is 1.58 bits per heavy atom. The first-order valence-electron chi connectivity index (χ1n) is 10.5. The Balaban J connectivity index is 1.22. The maximum Gasteiger partial charge on any atom is 0.0434 e. The number of aromatic nitrogens is 1. The molecular weight excluding hydrogens is 292 g/mol. The maximum atomic E-state index is 4.83. The first-order valence-corrected chi connectivity index (χ1v) is 10.5. The minimum Gasteiger partial charge on any atom is -0.307 e. The molecule has 1 heterocycles. The number of nitrogens with one attached hydrogen (secondary N) is 1. The van der Waals surface area contributed by atoms with Crippen molar-refractivity contribution in [2.45, 2.75) is 88.6 Å². The molecule has 0 unspecified atom stereocenters. The summed E-state index contributed by atoms with van der Waals surface area (Å²) in [6, 6.07) is 4.65. The minimum absolute atomic E-state index is 0.469. The Hall–Kier alpha value is -0.890. The molecule has 1 aromatic heterocycles. The summed E-state index contributed by atoms with van der Waals surface area (Å²) >= 11 is 0. The van der Waals surface area contributed by atoms with Crippen molar-refractivity contribution < 1.29 is 0 Å². The third-order valence-electron chi connectivity index (χ3n) is 7.58. The smallest absolute Gasteiger partial charge is 0.0434 e. The van der Waals surface area contributed by atoms with Crippen molar-refractivity contribution in [2.24, 2.45) is 17.8 Å². The van der Waals surface area contributed by atoms with Crippen molar-refractivity contribution in [1.82, 2.24) is 10.3 Å². The zero-order valence-electron chi connectivity index (χ0n) is 15.0. The lowest BCUT2D eigenvalue weighted by Crippen LogP contribution is -2.58. The molecule has 0 aliphatic heterocycles. The Kier molecular flexibility index (Phi) is 3.92. The fraction of sp³-hybridized carbons (Fsp3) is 0.773. The Morgan fingerprint density at radius 3 is 2.17 bits per heavy atom. The lowest BCUT2D eigenvalue weighted by Gasteiger charge is -2.57. The number of rotatable bonds is 4. The number of pyridine rings is 1. The molecule has 0 amide bonds. The predicted octanol–water partition coefficient (Wildman–Crippen LogP) is 5.19. The highest BCUT2D eigenvalue weighted by molar-refractivity contribution is 5.18. The van der Waals surface area contributed by atoms with E-state index >= 15 is 0 Å². The van der Waals surface area contributed by atoms with E-state index in [4.69, 9.17) is 4.98 Å². The Morgan fingerprint density at radius 1 is 0.917 bits per heavy atom. The molecule has 4 bridgehead atoms. The fourth-order valence-corrected chi connectivity index (χ4v) is 6.80. The molecule has 5 fully saturated rings. The molecule has 0 saturated heterocycles. The second kappa shape index (κ2) is 6.12. The molecule has 5 aliphatic rings. The van der Waals surface area contributed by atoms with Gasteiger partial charge in [-0.25, -0.2) is 0 Å². The van der Waals surface area contributed by atoms with E-state index in [0.717, 1.165) is 30.2 Å². The van der Waals surface area contributed by atoms with Crippen molar-refractivity contribution >= 4 is 0 Å². The minimum atomic E-state index is 0.469. The lowest BCUT2D eigenvalue weighted by molar-refractivity contribution is -0.0206. The van der Waals surface area contributed by atoms with E-state index in [1.54, 1.807) is 0 Å². The van der Waals surface area contributed by atoms with Crippen LogP contribution >= 0.6 is 0 Å². The first-order chi connectivity index (χ1) is 11.8. The van der Waals surface area contributed by atoms with Gasteiger partial charge in [-0.2, -0.15) is 0 Å². The van der Waals surface area contributed by atoms with Gasteiger partial charge < -0.3 is 5.32 Å². The molecule has 0 radical (unpaired) electrons. The van der Waals surface area contributed by atoms with Gasteiger partial charge in [-0.3, -0.25) is 4.98 Å². The molecule has 0 aromatic carbocycles. The van der Waals surface area contributed by atoms with Crippen LogP contribution < -0.4 is 5.32 Å². The summed E-state index contributed by atoms with van der Waals surface area (Å²) < 4.78 is 0. The monoisotopic (exact) mass is 324 g/mol. The fourth-order valence-electron chi connectivity index (χ4n) is 6.80. The average Bonchev–Trinajstić information content (AvgIpc) is 2.60. The Labute approximate surface area is 146 Å². The van der Waals surface area contributed by atoms with E-state index in [0.29, 0.717) is 5.54 Å². The molecule has 1 aromatic rings. The summed E-state index contributed by atoms with van der Waals surface area (Å²) in [5, 5.41) is 4.00. The van der Waals surface area contributed by atoms with E-state index in [2.05, 4.69) is 23.6 Å². The zero-order valence-corrected chi connectivity index (χ0v) is 15.0. The molecule has 1 N–H and O–H groups in total. The van der Waals surface area contributed by atoms with Gasteiger partial charge in [0, 0.05) is 29.9 Å². The summed E-state index contributed by atoms with van der Waals surface area (Å²) in [5.41, 5.74) is 3.19. The number of nitrogens with zero attached hydrogens (tertiary/aromatic N) is 1. The molecule has 2 heteroatoms. The summed E-state index contributed by atoms with van der Waals surface area (Å²) in [6.45, 7) is 1.02. The third kappa shape index (κ3) is 2.92. The SMILES string of the molecule is c1cc(C2CCCCC2)ncc1CNC12CC3CC(CC(C3)C1)C2. The van der Waals surface area contributed by atoms with Crippen LogP contribution in [0.15, 0.2) is 18.3 Å². The summed E-state index contributed by atoms with van der Waals surface area (Å²) in [4.78, 5) is 4.83. The highest BCUT2D eigenvalue weighted by atomic mass is 15.0. The summed E-state index contributed by atoms with van der Waals surface area (Å²) in [7, 11) is 0. The van der Waals surface area contributed by atoms with Crippen LogP contribution in [-0.2, 0) is 6.54 Å². The average molecular weight is 325 g/mol. The Bertz CT molecular complexity index is 535.